The molecular formula is C14H24N2S. The predicted molar refractivity (Wildman–Crippen MR) is 75.4 cm³/mol. The van der Waals surface area contributed by atoms with E-state index in [9.17, 15) is 0 Å². The summed E-state index contributed by atoms with van der Waals surface area (Å²) in [5, 5.41) is 0. The van der Waals surface area contributed by atoms with Gasteiger partial charge in [-0.1, -0.05) is 0 Å². The minimum absolute atomic E-state index is 0.590. The van der Waals surface area contributed by atoms with Crippen molar-refractivity contribution in [1.29, 1.82) is 0 Å². The number of likely N-dealkylation sites (tertiary alicyclic amines) is 1. The fourth-order valence-electron chi connectivity index (χ4n) is 2.72. The molecule has 96 valence electrons. The van der Waals surface area contributed by atoms with Gasteiger partial charge in [0.2, 0.25) is 0 Å². The van der Waals surface area contributed by atoms with E-state index >= 15 is 0 Å². The molecule has 1 aliphatic rings. The van der Waals surface area contributed by atoms with Crippen LogP contribution in [0.4, 0.5) is 0 Å². The number of hydrogen-bond donors (Lipinski definition) is 1. The summed E-state index contributed by atoms with van der Waals surface area (Å²) in [6.07, 6.45) is 3.86. The van der Waals surface area contributed by atoms with Gasteiger partial charge in [-0.25, -0.2) is 0 Å². The van der Waals surface area contributed by atoms with E-state index in [0.29, 0.717) is 6.04 Å². The number of rotatable bonds is 4. The summed E-state index contributed by atoms with van der Waals surface area (Å²) in [4.78, 5) is 5.56. The lowest BCUT2D eigenvalue weighted by Crippen LogP contribution is -2.35. The Hall–Kier alpha value is -0.380. The second kappa shape index (κ2) is 5.98. The number of aryl methyl sites for hydroxylation is 1. The van der Waals surface area contributed by atoms with Gasteiger partial charge in [0.1, 0.15) is 0 Å². The molecule has 0 aliphatic carbocycles. The third-order valence-corrected chi connectivity index (χ3v) is 5.12. The molecule has 0 spiro atoms. The number of piperidine rings is 1. The Morgan fingerprint density at radius 2 is 2.12 bits per heavy atom. The van der Waals surface area contributed by atoms with E-state index in [4.69, 9.17) is 5.73 Å². The Morgan fingerprint density at radius 3 is 2.65 bits per heavy atom. The quantitative estimate of drug-likeness (QED) is 0.892. The third-order valence-electron chi connectivity index (χ3n) is 3.94. The van der Waals surface area contributed by atoms with Crippen molar-refractivity contribution in [1.82, 2.24) is 4.90 Å². The minimum Gasteiger partial charge on any atom is -0.330 e. The van der Waals surface area contributed by atoms with Gasteiger partial charge in [0.25, 0.3) is 0 Å². The van der Waals surface area contributed by atoms with Gasteiger partial charge in [-0.3, -0.25) is 4.90 Å². The van der Waals surface area contributed by atoms with Gasteiger partial charge in [-0.15, -0.1) is 11.3 Å². The highest BCUT2D eigenvalue weighted by atomic mass is 32.1. The lowest BCUT2D eigenvalue weighted by Gasteiger charge is -2.35. The Balaban J connectivity index is 1.88. The Labute approximate surface area is 109 Å². The van der Waals surface area contributed by atoms with Crippen molar-refractivity contribution in [2.45, 2.75) is 39.2 Å². The predicted octanol–water partition coefficient (Wildman–Crippen LogP) is 3.18. The van der Waals surface area contributed by atoms with Crippen LogP contribution in [0.1, 0.15) is 42.0 Å². The standard InChI is InChI=1S/C14H24N2S/c1-11-3-4-14(17-11)12(2)16-9-6-13(5-8-15)7-10-16/h3-4,12-13H,5-10,15H2,1-2H3. The Kier molecular flexibility index (Phi) is 4.60. The summed E-state index contributed by atoms with van der Waals surface area (Å²) in [5.41, 5.74) is 5.64. The molecule has 1 saturated heterocycles. The molecule has 2 heterocycles. The van der Waals surface area contributed by atoms with E-state index in [1.165, 1.54) is 42.1 Å². The van der Waals surface area contributed by atoms with Crippen molar-refractivity contribution in [3.63, 3.8) is 0 Å². The molecule has 2 rings (SSSR count). The highest BCUT2D eigenvalue weighted by molar-refractivity contribution is 7.12. The van der Waals surface area contributed by atoms with Crippen molar-refractivity contribution >= 4 is 11.3 Å². The summed E-state index contributed by atoms with van der Waals surface area (Å²) < 4.78 is 0. The van der Waals surface area contributed by atoms with Crippen molar-refractivity contribution in [2.24, 2.45) is 11.7 Å². The summed E-state index contributed by atoms with van der Waals surface area (Å²) in [7, 11) is 0. The van der Waals surface area contributed by atoms with E-state index in [1.54, 1.807) is 0 Å². The molecule has 0 saturated carbocycles. The molecule has 0 amide bonds. The summed E-state index contributed by atoms with van der Waals surface area (Å²) in [6.45, 7) is 7.86. The second-order valence-electron chi connectivity index (χ2n) is 5.18. The first kappa shape index (κ1) is 13.1. The van der Waals surface area contributed by atoms with Gasteiger partial charge in [0, 0.05) is 15.8 Å². The van der Waals surface area contributed by atoms with Crippen LogP contribution >= 0.6 is 11.3 Å². The first-order valence-electron chi connectivity index (χ1n) is 6.71. The van der Waals surface area contributed by atoms with E-state index < -0.39 is 0 Å². The van der Waals surface area contributed by atoms with E-state index in [-0.39, 0.29) is 0 Å². The van der Waals surface area contributed by atoms with Crippen LogP contribution in [0.5, 0.6) is 0 Å². The highest BCUT2D eigenvalue weighted by Gasteiger charge is 2.23. The van der Waals surface area contributed by atoms with Gasteiger partial charge < -0.3 is 5.73 Å². The van der Waals surface area contributed by atoms with Gasteiger partial charge >= 0.3 is 0 Å². The molecule has 0 aromatic carbocycles. The van der Waals surface area contributed by atoms with Gasteiger partial charge in [-0.2, -0.15) is 0 Å². The van der Waals surface area contributed by atoms with Gasteiger partial charge in [-0.05, 0) is 70.8 Å². The third kappa shape index (κ3) is 3.30. The van der Waals surface area contributed by atoms with Crippen molar-refractivity contribution in [3.05, 3.63) is 21.9 Å². The van der Waals surface area contributed by atoms with Crippen LogP contribution in [-0.2, 0) is 0 Å². The summed E-state index contributed by atoms with van der Waals surface area (Å²) in [5.74, 6) is 0.869. The van der Waals surface area contributed by atoms with Crippen LogP contribution < -0.4 is 5.73 Å². The maximum atomic E-state index is 5.64. The van der Waals surface area contributed by atoms with Crippen LogP contribution in [0.25, 0.3) is 0 Å². The molecule has 2 nitrogen and oxygen atoms in total. The molecule has 1 aromatic heterocycles. The van der Waals surface area contributed by atoms with Crippen LogP contribution in [0.15, 0.2) is 12.1 Å². The average Bonchev–Trinajstić information content (AvgIpc) is 2.76. The summed E-state index contributed by atoms with van der Waals surface area (Å²) in [6, 6.07) is 5.11. The van der Waals surface area contributed by atoms with Crippen LogP contribution in [-0.4, -0.2) is 24.5 Å². The minimum atomic E-state index is 0.590. The highest BCUT2D eigenvalue weighted by Crippen LogP contribution is 2.31. The molecule has 1 unspecified atom stereocenters. The average molecular weight is 252 g/mol. The monoisotopic (exact) mass is 252 g/mol. The molecule has 1 atom stereocenters. The Morgan fingerprint density at radius 1 is 1.41 bits per heavy atom. The maximum Gasteiger partial charge on any atom is 0.0413 e. The number of thiophene rings is 1. The molecule has 1 aromatic rings. The molecule has 0 bridgehead atoms. The fourth-order valence-corrected chi connectivity index (χ4v) is 3.69. The van der Waals surface area contributed by atoms with Crippen molar-refractivity contribution in [3.8, 4) is 0 Å². The molecule has 1 aliphatic heterocycles. The van der Waals surface area contributed by atoms with Gasteiger partial charge in [0.05, 0.1) is 0 Å². The largest absolute Gasteiger partial charge is 0.330 e. The van der Waals surface area contributed by atoms with Crippen molar-refractivity contribution < 1.29 is 0 Å². The molecule has 17 heavy (non-hydrogen) atoms. The molecule has 3 heteroatoms. The lowest BCUT2D eigenvalue weighted by molar-refractivity contribution is 0.140. The zero-order chi connectivity index (χ0) is 12.3. The molecular weight excluding hydrogens is 228 g/mol. The SMILES string of the molecule is Cc1ccc(C(C)N2CCC(CCN)CC2)s1. The number of hydrogen-bond acceptors (Lipinski definition) is 3. The van der Waals surface area contributed by atoms with Crippen LogP contribution in [0.3, 0.4) is 0 Å². The maximum absolute atomic E-state index is 5.64. The second-order valence-corrected chi connectivity index (χ2v) is 6.50. The first-order chi connectivity index (χ1) is 8.20. The number of nitrogens with two attached hydrogens (primary N) is 1. The fraction of sp³-hybridized carbons (Fsp3) is 0.714. The summed E-state index contributed by atoms with van der Waals surface area (Å²) >= 11 is 1.94. The topological polar surface area (TPSA) is 29.3 Å². The molecule has 0 radical (unpaired) electrons. The van der Waals surface area contributed by atoms with Gasteiger partial charge in [0.15, 0.2) is 0 Å². The lowest BCUT2D eigenvalue weighted by atomic mass is 9.93. The first-order valence-corrected chi connectivity index (χ1v) is 7.53. The van der Waals surface area contributed by atoms with E-state index in [0.717, 1.165) is 12.5 Å². The molecule has 2 N–H and O–H groups in total. The van der Waals surface area contributed by atoms with Crippen LogP contribution in [0.2, 0.25) is 0 Å². The van der Waals surface area contributed by atoms with E-state index in [1.807, 2.05) is 11.3 Å². The van der Waals surface area contributed by atoms with Crippen LogP contribution in [0, 0.1) is 12.8 Å². The molecule has 1 fully saturated rings. The van der Waals surface area contributed by atoms with E-state index in [2.05, 4.69) is 30.9 Å². The number of nitrogens with zero attached hydrogens (tertiary/aromatic N) is 1. The normalized spacial score (nSPS) is 20.6. The zero-order valence-electron chi connectivity index (χ0n) is 11.0. The zero-order valence-corrected chi connectivity index (χ0v) is 11.8. The Bertz CT molecular complexity index is 340. The smallest absolute Gasteiger partial charge is 0.0413 e. The van der Waals surface area contributed by atoms with Crippen molar-refractivity contribution in [2.75, 3.05) is 19.6 Å².